The number of allylic oxidation sites excluding steroid dienone is 2. The average molecular weight is 266 g/mol. The van der Waals surface area contributed by atoms with Crippen LogP contribution in [0.25, 0.3) is 0 Å². The van der Waals surface area contributed by atoms with Gasteiger partial charge in [-0.25, -0.2) is 0 Å². The summed E-state index contributed by atoms with van der Waals surface area (Å²) < 4.78 is 0. The lowest BCUT2D eigenvalue weighted by Gasteiger charge is -2.12. The summed E-state index contributed by atoms with van der Waals surface area (Å²) in [5.74, 6) is 0. The number of hydrogen-bond acceptors (Lipinski definition) is 1. The summed E-state index contributed by atoms with van der Waals surface area (Å²) in [7, 11) is 0. The fourth-order valence-corrected chi connectivity index (χ4v) is 3.01. The lowest BCUT2D eigenvalue weighted by molar-refractivity contribution is 0.282. The van der Waals surface area contributed by atoms with Crippen LogP contribution in [0, 0.1) is 0 Å². The van der Waals surface area contributed by atoms with Gasteiger partial charge in [-0.05, 0) is 44.9 Å². The number of aliphatic hydroxyl groups excluding tert-OH is 1. The number of rotatable bonds is 12. The van der Waals surface area contributed by atoms with Gasteiger partial charge in [-0.1, -0.05) is 63.0 Å². The van der Waals surface area contributed by atoms with Gasteiger partial charge < -0.3 is 5.11 Å². The van der Waals surface area contributed by atoms with E-state index in [-0.39, 0.29) is 0 Å². The molecular formula is C18H34O. The maximum Gasteiger partial charge on any atom is 0.0431 e. The van der Waals surface area contributed by atoms with Crippen molar-refractivity contribution in [3.05, 3.63) is 11.6 Å². The van der Waals surface area contributed by atoms with Crippen LogP contribution in [0.5, 0.6) is 0 Å². The fourth-order valence-electron chi connectivity index (χ4n) is 3.01. The van der Waals surface area contributed by atoms with Crippen molar-refractivity contribution in [2.75, 3.05) is 6.61 Å². The van der Waals surface area contributed by atoms with Crippen molar-refractivity contribution < 1.29 is 5.11 Å². The van der Waals surface area contributed by atoms with Crippen molar-refractivity contribution in [3.8, 4) is 0 Å². The highest BCUT2D eigenvalue weighted by Gasteiger charge is 2.02. The standard InChI is InChI=1S/C18H34O/c19-17-13-8-6-4-2-1-3-5-7-10-14-18-15-11-9-12-16-18/h15,19H,1-14,16-17H2. The Hall–Kier alpha value is -0.300. The predicted molar refractivity (Wildman–Crippen MR) is 84.4 cm³/mol. The van der Waals surface area contributed by atoms with Gasteiger partial charge in [0.2, 0.25) is 0 Å². The average Bonchev–Trinajstić information content (AvgIpc) is 2.46. The second-order valence-electron chi connectivity index (χ2n) is 6.12. The molecule has 0 amide bonds. The van der Waals surface area contributed by atoms with Crippen molar-refractivity contribution >= 4 is 0 Å². The van der Waals surface area contributed by atoms with Crippen molar-refractivity contribution in [2.45, 2.75) is 96.3 Å². The maximum absolute atomic E-state index is 8.68. The minimum absolute atomic E-state index is 0.371. The zero-order valence-electron chi connectivity index (χ0n) is 12.8. The third kappa shape index (κ3) is 10.2. The number of unbranched alkanes of at least 4 members (excludes halogenated alkanes) is 9. The van der Waals surface area contributed by atoms with Gasteiger partial charge in [0.25, 0.3) is 0 Å². The van der Waals surface area contributed by atoms with E-state index in [9.17, 15) is 0 Å². The summed E-state index contributed by atoms with van der Waals surface area (Å²) in [5.41, 5.74) is 1.75. The van der Waals surface area contributed by atoms with E-state index in [0.717, 1.165) is 6.42 Å². The summed E-state index contributed by atoms with van der Waals surface area (Å²) in [5, 5.41) is 8.68. The normalized spacial score (nSPS) is 15.5. The van der Waals surface area contributed by atoms with Crippen LogP contribution in [-0.2, 0) is 0 Å². The molecule has 0 unspecified atom stereocenters. The molecule has 1 nitrogen and oxygen atoms in total. The first-order chi connectivity index (χ1) is 9.43. The van der Waals surface area contributed by atoms with Gasteiger partial charge in [-0.3, -0.25) is 0 Å². The molecule has 0 spiro atoms. The van der Waals surface area contributed by atoms with Gasteiger partial charge in [0, 0.05) is 6.61 Å². The lowest BCUT2D eigenvalue weighted by Crippen LogP contribution is -1.92. The van der Waals surface area contributed by atoms with Crippen LogP contribution in [-0.4, -0.2) is 11.7 Å². The van der Waals surface area contributed by atoms with Crippen LogP contribution in [0.1, 0.15) is 96.3 Å². The number of hydrogen-bond donors (Lipinski definition) is 1. The summed E-state index contributed by atoms with van der Waals surface area (Å²) in [6.07, 6.45) is 22.9. The molecule has 112 valence electrons. The zero-order chi connectivity index (χ0) is 13.6. The first-order valence-corrected chi connectivity index (χ1v) is 8.72. The molecule has 0 heterocycles. The molecule has 1 heteroatoms. The van der Waals surface area contributed by atoms with Gasteiger partial charge >= 0.3 is 0 Å². The third-order valence-electron chi connectivity index (χ3n) is 4.29. The van der Waals surface area contributed by atoms with Crippen LogP contribution >= 0.6 is 0 Å². The van der Waals surface area contributed by atoms with E-state index >= 15 is 0 Å². The fraction of sp³-hybridized carbons (Fsp3) is 0.889. The molecule has 0 radical (unpaired) electrons. The molecule has 0 aromatic rings. The zero-order valence-corrected chi connectivity index (χ0v) is 12.8. The van der Waals surface area contributed by atoms with E-state index in [1.165, 1.54) is 89.9 Å². The molecule has 0 saturated heterocycles. The minimum atomic E-state index is 0.371. The van der Waals surface area contributed by atoms with E-state index in [0.29, 0.717) is 6.61 Å². The first-order valence-electron chi connectivity index (χ1n) is 8.72. The Morgan fingerprint density at radius 2 is 1.32 bits per heavy atom. The molecule has 1 N–H and O–H groups in total. The monoisotopic (exact) mass is 266 g/mol. The Balaban J connectivity index is 1.75. The highest BCUT2D eigenvalue weighted by Crippen LogP contribution is 2.22. The van der Waals surface area contributed by atoms with Gasteiger partial charge in [-0.2, -0.15) is 0 Å². The highest BCUT2D eigenvalue weighted by atomic mass is 16.2. The predicted octanol–water partition coefficient (Wildman–Crippen LogP) is 5.77. The first kappa shape index (κ1) is 16.8. The van der Waals surface area contributed by atoms with Crippen LogP contribution in [0.2, 0.25) is 0 Å². The van der Waals surface area contributed by atoms with Crippen LogP contribution in [0.3, 0.4) is 0 Å². The summed E-state index contributed by atoms with van der Waals surface area (Å²) in [6.45, 7) is 0.371. The summed E-state index contributed by atoms with van der Waals surface area (Å²) in [6, 6.07) is 0. The SMILES string of the molecule is OCCCCCCCCCCCCC1=CCCCC1. The molecular weight excluding hydrogens is 232 g/mol. The Kier molecular flexibility index (Phi) is 11.2. The third-order valence-corrected chi connectivity index (χ3v) is 4.29. The van der Waals surface area contributed by atoms with Gasteiger partial charge in [0.05, 0.1) is 0 Å². The Morgan fingerprint density at radius 1 is 0.737 bits per heavy atom. The van der Waals surface area contributed by atoms with Crippen molar-refractivity contribution in [2.24, 2.45) is 0 Å². The van der Waals surface area contributed by atoms with Crippen molar-refractivity contribution in [1.82, 2.24) is 0 Å². The van der Waals surface area contributed by atoms with E-state index < -0.39 is 0 Å². The minimum Gasteiger partial charge on any atom is -0.396 e. The van der Waals surface area contributed by atoms with E-state index in [1.54, 1.807) is 5.57 Å². The molecule has 1 aliphatic carbocycles. The summed E-state index contributed by atoms with van der Waals surface area (Å²) in [4.78, 5) is 0. The Morgan fingerprint density at radius 3 is 1.84 bits per heavy atom. The molecule has 0 aromatic carbocycles. The second-order valence-corrected chi connectivity index (χ2v) is 6.12. The number of aliphatic hydroxyl groups is 1. The van der Waals surface area contributed by atoms with E-state index in [1.807, 2.05) is 0 Å². The smallest absolute Gasteiger partial charge is 0.0431 e. The van der Waals surface area contributed by atoms with E-state index in [4.69, 9.17) is 5.11 Å². The summed E-state index contributed by atoms with van der Waals surface area (Å²) >= 11 is 0. The van der Waals surface area contributed by atoms with Crippen molar-refractivity contribution in [1.29, 1.82) is 0 Å². The molecule has 0 bridgehead atoms. The topological polar surface area (TPSA) is 20.2 Å². The second kappa shape index (κ2) is 12.7. The molecule has 0 aliphatic heterocycles. The highest BCUT2D eigenvalue weighted by molar-refractivity contribution is 5.04. The molecule has 0 aromatic heterocycles. The largest absolute Gasteiger partial charge is 0.396 e. The molecule has 1 aliphatic rings. The Bertz CT molecular complexity index is 220. The Labute approximate surface area is 120 Å². The quantitative estimate of drug-likeness (QED) is 0.351. The molecule has 0 atom stereocenters. The van der Waals surface area contributed by atoms with Crippen LogP contribution in [0.15, 0.2) is 11.6 Å². The van der Waals surface area contributed by atoms with Crippen LogP contribution < -0.4 is 0 Å². The van der Waals surface area contributed by atoms with Gasteiger partial charge in [-0.15, -0.1) is 0 Å². The maximum atomic E-state index is 8.68. The molecule has 0 fully saturated rings. The molecule has 0 saturated carbocycles. The molecule has 19 heavy (non-hydrogen) atoms. The van der Waals surface area contributed by atoms with Gasteiger partial charge in [0.15, 0.2) is 0 Å². The van der Waals surface area contributed by atoms with Crippen molar-refractivity contribution in [3.63, 3.8) is 0 Å². The van der Waals surface area contributed by atoms with E-state index in [2.05, 4.69) is 6.08 Å². The molecule has 1 rings (SSSR count). The van der Waals surface area contributed by atoms with Gasteiger partial charge in [0.1, 0.15) is 0 Å². The lowest BCUT2D eigenvalue weighted by atomic mass is 9.95. The van der Waals surface area contributed by atoms with Crippen LogP contribution in [0.4, 0.5) is 0 Å².